The van der Waals surface area contributed by atoms with Gasteiger partial charge in [0.25, 0.3) is 0 Å². The van der Waals surface area contributed by atoms with Crippen LogP contribution in [0.25, 0.3) is 0 Å². The highest BCUT2D eigenvalue weighted by molar-refractivity contribution is 5.95. The molecule has 0 fully saturated rings. The number of furan rings is 1. The molecule has 2 N–H and O–H groups in total. The molecule has 2 atom stereocenters. The predicted molar refractivity (Wildman–Crippen MR) is 94.5 cm³/mol. The second-order valence-corrected chi connectivity index (χ2v) is 5.74. The van der Waals surface area contributed by atoms with Crippen LogP contribution in [0, 0.1) is 5.82 Å². The van der Waals surface area contributed by atoms with Crippen LogP contribution in [-0.2, 0) is 4.79 Å². The van der Waals surface area contributed by atoms with Gasteiger partial charge in [-0.25, -0.2) is 4.39 Å². The SMILES string of the molecule is C[C@H](N[C@@H](C(=O)Nc1ccc(F)cc1)c1ccccc1)c1ccco1. The lowest BCUT2D eigenvalue weighted by atomic mass is 10.0. The summed E-state index contributed by atoms with van der Waals surface area (Å²) in [6, 6.07) is 18.1. The summed E-state index contributed by atoms with van der Waals surface area (Å²) >= 11 is 0. The molecule has 0 saturated heterocycles. The molecule has 0 aliphatic rings. The van der Waals surface area contributed by atoms with E-state index < -0.39 is 6.04 Å². The third-order valence-corrected chi connectivity index (χ3v) is 3.89. The maximum atomic E-state index is 13.0. The van der Waals surface area contributed by atoms with E-state index in [1.165, 1.54) is 24.3 Å². The lowest BCUT2D eigenvalue weighted by Gasteiger charge is -2.22. The van der Waals surface area contributed by atoms with Crippen molar-refractivity contribution in [3.8, 4) is 0 Å². The molecule has 1 aromatic heterocycles. The van der Waals surface area contributed by atoms with E-state index in [1.807, 2.05) is 49.4 Å². The minimum Gasteiger partial charge on any atom is -0.468 e. The Hall–Kier alpha value is -2.92. The Balaban J connectivity index is 1.80. The van der Waals surface area contributed by atoms with Crippen molar-refractivity contribution in [2.24, 2.45) is 0 Å². The van der Waals surface area contributed by atoms with Gasteiger partial charge < -0.3 is 9.73 Å². The first-order valence-corrected chi connectivity index (χ1v) is 8.04. The molecule has 5 heteroatoms. The van der Waals surface area contributed by atoms with Crippen molar-refractivity contribution < 1.29 is 13.6 Å². The van der Waals surface area contributed by atoms with Crippen LogP contribution in [0.5, 0.6) is 0 Å². The van der Waals surface area contributed by atoms with E-state index in [0.29, 0.717) is 5.69 Å². The predicted octanol–water partition coefficient (Wildman–Crippen LogP) is 4.45. The third-order valence-electron chi connectivity index (χ3n) is 3.89. The summed E-state index contributed by atoms with van der Waals surface area (Å²) < 4.78 is 18.4. The first-order valence-electron chi connectivity index (χ1n) is 8.04. The molecule has 0 spiro atoms. The Labute approximate surface area is 145 Å². The number of rotatable bonds is 6. The zero-order chi connectivity index (χ0) is 17.6. The largest absolute Gasteiger partial charge is 0.468 e. The fraction of sp³-hybridized carbons (Fsp3) is 0.150. The number of nitrogens with one attached hydrogen (secondary N) is 2. The molecule has 4 nitrogen and oxygen atoms in total. The van der Waals surface area contributed by atoms with Crippen LogP contribution < -0.4 is 10.6 Å². The van der Waals surface area contributed by atoms with Gasteiger partial charge in [-0.2, -0.15) is 0 Å². The molecule has 3 rings (SSSR count). The second kappa shape index (κ2) is 7.77. The summed E-state index contributed by atoms with van der Waals surface area (Å²) in [5.74, 6) is 0.175. The summed E-state index contributed by atoms with van der Waals surface area (Å²) in [5, 5.41) is 6.11. The number of carbonyl (C=O) groups excluding carboxylic acids is 1. The summed E-state index contributed by atoms with van der Waals surface area (Å²) in [4.78, 5) is 12.8. The van der Waals surface area contributed by atoms with Gasteiger partial charge in [-0.1, -0.05) is 30.3 Å². The zero-order valence-electron chi connectivity index (χ0n) is 13.8. The Kier molecular flexibility index (Phi) is 5.26. The van der Waals surface area contributed by atoms with Crippen molar-refractivity contribution in [2.75, 3.05) is 5.32 Å². The third kappa shape index (κ3) is 4.33. The highest BCUT2D eigenvalue weighted by atomic mass is 19.1. The van der Waals surface area contributed by atoms with Crippen LogP contribution in [0.1, 0.15) is 30.3 Å². The van der Waals surface area contributed by atoms with Crippen LogP contribution in [0.2, 0.25) is 0 Å². The van der Waals surface area contributed by atoms with E-state index in [0.717, 1.165) is 11.3 Å². The molecule has 1 heterocycles. The van der Waals surface area contributed by atoms with Gasteiger partial charge in [0.05, 0.1) is 12.3 Å². The lowest BCUT2D eigenvalue weighted by Crippen LogP contribution is -2.34. The van der Waals surface area contributed by atoms with Crippen LogP contribution in [-0.4, -0.2) is 5.91 Å². The maximum Gasteiger partial charge on any atom is 0.246 e. The normalized spacial score (nSPS) is 13.2. The van der Waals surface area contributed by atoms with Crippen molar-refractivity contribution in [3.63, 3.8) is 0 Å². The van der Waals surface area contributed by atoms with Crippen molar-refractivity contribution in [1.82, 2.24) is 5.32 Å². The summed E-state index contributed by atoms with van der Waals surface area (Å²) in [6.45, 7) is 1.93. The highest BCUT2D eigenvalue weighted by Crippen LogP contribution is 2.22. The van der Waals surface area contributed by atoms with Crippen molar-refractivity contribution in [3.05, 3.63) is 90.1 Å². The van der Waals surface area contributed by atoms with Crippen LogP contribution in [0.15, 0.2) is 77.4 Å². The summed E-state index contributed by atoms with van der Waals surface area (Å²) in [7, 11) is 0. The molecular formula is C20H19FN2O2. The second-order valence-electron chi connectivity index (χ2n) is 5.74. The Morgan fingerprint density at radius 3 is 2.36 bits per heavy atom. The Morgan fingerprint density at radius 1 is 1.00 bits per heavy atom. The molecule has 1 amide bonds. The van der Waals surface area contributed by atoms with Gasteiger partial charge in [0.2, 0.25) is 5.91 Å². The Morgan fingerprint density at radius 2 is 1.72 bits per heavy atom. The monoisotopic (exact) mass is 338 g/mol. The van der Waals surface area contributed by atoms with Gasteiger partial charge >= 0.3 is 0 Å². The summed E-state index contributed by atoms with van der Waals surface area (Å²) in [5.41, 5.74) is 1.38. The molecule has 0 bridgehead atoms. The fourth-order valence-corrected chi connectivity index (χ4v) is 2.59. The minimum absolute atomic E-state index is 0.154. The summed E-state index contributed by atoms with van der Waals surface area (Å²) in [6.07, 6.45) is 1.60. The van der Waals surface area contributed by atoms with Gasteiger partial charge in [0.1, 0.15) is 17.6 Å². The number of amides is 1. The van der Waals surface area contributed by atoms with Gasteiger partial charge in [-0.15, -0.1) is 0 Å². The molecule has 0 unspecified atom stereocenters. The average molecular weight is 338 g/mol. The van der Waals surface area contributed by atoms with Gasteiger partial charge in [0, 0.05) is 5.69 Å². The smallest absolute Gasteiger partial charge is 0.246 e. The molecule has 128 valence electrons. The fourth-order valence-electron chi connectivity index (χ4n) is 2.59. The number of anilines is 1. The highest BCUT2D eigenvalue weighted by Gasteiger charge is 2.23. The average Bonchev–Trinajstić information content (AvgIpc) is 3.17. The Bertz CT molecular complexity index is 801. The molecule has 0 saturated carbocycles. The van der Waals surface area contributed by atoms with Crippen molar-refractivity contribution in [1.29, 1.82) is 0 Å². The van der Waals surface area contributed by atoms with Crippen LogP contribution in [0.3, 0.4) is 0 Å². The number of hydrogen-bond donors (Lipinski definition) is 2. The first kappa shape index (κ1) is 16.9. The number of halogens is 1. The molecule has 3 aromatic rings. The van der Waals surface area contributed by atoms with Crippen LogP contribution >= 0.6 is 0 Å². The number of benzene rings is 2. The van der Waals surface area contributed by atoms with Gasteiger partial charge in [0.15, 0.2) is 0 Å². The van der Waals surface area contributed by atoms with Gasteiger partial charge in [-0.05, 0) is 48.9 Å². The standard InChI is InChI=1S/C20H19FN2O2/c1-14(18-8-5-13-25-18)22-19(15-6-3-2-4-7-15)20(24)23-17-11-9-16(21)10-12-17/h2-14,19,22H,1H3,(H,23,24)/t14-,19+/m0/s1. The number of carbonyl (C=O) groups is 1. The van der Waals surface area contributed by atoms with Crippen molar-refractivity contribution in [2.45, 2.75) is 19.0 Å². The quantitative estimate of drug-likeness (QED) is 0.698. The van der Waals surface area contributed by atoms with Gasteiger partial charge in [-0.3, -0.25) is 10.1 Å². The van der Waals surface area contributed by atoms with E-state index in [9.17, 15) is 9.18 Å². The topological polar surface area (TPSA) is 54.3 Å². The van der Waals surface area contributed by atoms with Crippen molar-refractivity contribution >= 4 is 11.6 Å². The van der Waals surface area contributed by atoms with E-state index in [2.05, 4.69) is 10.6 Å². The molecule has 0 aliphatic heterocycles. The van der Waals surface area contributed by atoms with E-state index in [1.54, 1.807) is 6.26 Å². The number of hydrogen-bond acceptors (Lipinski definition) is 3. The van der Waals surface area contributed by atoms with Crippen LogP contribution in [0.4, 0.5) is 10.1 Å². The molecule has 2 aromatic carbocycles. The molecule has 0 radical (unpaired) electrons. The van der Waals surface area contributed by atoms with E-state index in [-0.39, 0.29) is 17.8 Å². The van der Waals surface area contributed by atoms with E-state index >= 15 is 0 Å². The molecule has 0 aliphatic carbocycles. The molecular weight excluding hydrogens is 319 g/mol. The zero-order valence-corrected chi connectivity index (χ0v) is 13.8. The first-order chi connectivity index (χ1) is 12.1. The molecule has 25 heavy (non-hydrogen) atoms. The maximum absolute atomic E-state index is 13.0. The minimum atomic E-state index is -0.577. The lowest BCUT2D eigenvalue weighted by molar-refractivity contribution is -0.118. The van der Waals surface area contributed by atoms with E-state index in [4.69, 9.17) is 4.42 Å².